The summed E-state index contributed by atoms with van der Waals surface area (Å²) < 4.78 is 3.50. The van der Waals surface area contributed by atoms with E-state index >= 15 is 0 Å². The standard InChI is InChI=1S/C15H14N2S6/c1-16-12(18)10(22-14(16)20)8-6-4-3-5-7-9-11-13(19)17(2)15(21)23-11/h3-9,18H,1-2H3/b4-3+,7-5+,8-6+,11-9-. The minimum Gasteiger partial charge on any atom is -0.321 e. The van der Waals surface area contributed by atoms with Crippen LogP contribution in [0.1, 0.15) is 4.88 Å². The average molecular weight is 415 g/mol. The zero-order chi connectivity index (χ0) is 17.0. The second-order valence-corrected chi connectivity index (χ2v) is 8.67. The Kier molecular flexibility index (Phi) is 7.00. The van der Waals surface area contributed by atoms with Gasteiger partial charge in [-0.25, -0.2) is 0 Å². The van der Waals surface area contributed by atoms with Gasteiger partial charge >= 0.3 is 0 Å². The van der Waals surface area contributed by atoms with Crippen LogP contribution in [-0.2, 0) is 7.05 Å². The summed E-state index contributed by atoms with van der Waals surface area (Å²) in [4.78, 5) is 4.69. The second-order valence-electron chi connectivity index (χ2n) is 4.51. The zero-order valence-electron chi connectivity index (χ0n) is 12.4. The Labute approximate surface area is 165 Å². The Bertz CT molecular complexity index is 806. The smallest absolute Gasteiger partial charge is 0.162 e. The molecule has 8 heteroatoms. The molecule has 120 valence electrons. The van der Waals surface area contributed by atoms with E-state index in [2.05, 4.69) is 12.6 Å². The van der Waals surface area contributed by atoms with E-state index in [0.29, 0.717) is 0 Å². The van der Waals surface area contributed by atoms with Gasteiger partial charge in [0.15, 0.2) is 3.95 Å². The van der Waals surface area contributed by atoms with E-state index in [1.54, 1.807) is 11.3 Å². The quantitative estimate of drug-likeness (QED) is 0.304. The van der Waals surface area contributed by atoms with Crippen LogP contribution in [0.5, 0.6) is 0 Å². The van der Waals surface area contributed by atoms with Gasteiger partial charge < -0.3 is 9.47 Å². The van der Waals surface area contributed by atoms with Crippen LogP contribution in [-0.4, -0.2) is 25.8 Å². The highest BCUT2D eigenvalue weighted by Gasteiger charge is 2.24. The summed E-state index contributed by atoms with van der Waals surface area (Å²) in [6.45, 7) is 0. The highest BCUT2D eigenvalue weighted by atomic mass is 32.2. The number of hydrogen-bond acceptors (Lipinski definition) is 6. The lowest BCUT2D eigenvalue weighted by molar-refractivity contribution is 0.811. The number of rotatable bonds is 4. The first-order chi connectivity index (χ1) is 10.9. The minimum absolute atomic E-state index is 0.778. The van der Waals surface area contributed by atoms with Crippen LogP contribution in [0, 0.1) is 3.95 Å². The fraction of sp³-hybridized carbons (Fsp3) is 0.133. The normalized spacial score (nSPS) is 17.9. The van der Waals surface area contributed by atoms with Crippen LogP contribution >= 0.6 is 72.4 Å². The highest BCUT2D eigenvalue weighted by molar-refractivity contribution is 8.27. The van der Waals surface area contributed by atoms with E-state index in [1.165, 1.54) is 11.8 Å². The lowest BCUT2D eigenvalue weighted by Crippen LogP contribution is -2.20. The third kappa shape index (κ3) is 4.74. The Morgan fingerprint density at radius 3 is 2.22 bits per heavy atom. The molecule has 0 aromatic carbocycles. The van der Waals surface area contributed by atoms with Crippen molar-refractivity contribution >= 4 is 87.8 Å². The average Bonchev–Trinajstić information content (AvgIpc) is 2.91. The first kappa shape index (κ1) is 18.8. The highest BCUT2D eigenvalue weighted by Crippen LogP contribution is 2.30. The molecule has 1 aromatic rings. The summed E-state index contributed by atoms with van der Waals surface area (Å²) in [5, 5.41) is 0.886. The molecular formula is C15H14N2S6. The molecule has 1 aliphatic rings. The van der Waals surface area contributed by atoms with Gasteiger partial charge in [0.2, 0.25) is 0 Å². The third-order valence-electron chi connectivity index (χ3n) is 2.94. The number of thioether (sulfide) groups is 1. The van der Waals surface area contributed by atoms with Crippen molar-refractivity contribution in [2.24, 2.45) is 7.05 Å². The summed E-state index contributed by atoms with van der Waals surface area (Å²) in [7, 11) is 3.81. The fourth-order valence-corrected chi connectivity index (χ4v) is 4.75. The van der Waals surface area contributed by atoms with Gasteiger partial charge in [0, 0.05) is 19.0 Å². The van der Waals surface area contributed by atoms with Gasteiger partial charge in [-0.05, 0) is 24.4 Å². The molecule has 0 bridgehead atoms. The largest absolute Gasteiger partial charge is 0.321 e. The molecule has 2 rings (SSSR count). The SMILES string of the molecule is CN1C(=S)S\C(=C/C=C/C=C/C=C/c2sc(=S)n(C)c2S)C1=S. The molecule has 23 heavy (non-hydrogen) atoms. The number of aromatic nitrogens is 1. The molecule has 0 amide bonds. The lowest BCUT2D eigenvalue weighted by atomic mass is 10.3. The van der Waals surface area contributed by atoms with Crippen LogP contribution < -0.4 is 0 Å². The summed E-state index contributed by atoms with van der Waals surface area (Å²) in [5.41, 5.74) is 0. The van der Waals surface area contributed by atoms with Crippen LogP contribution in [0.4, 0.5) is 0 Å². The molecular weight excluding hydrogens is 401 g/mol. The maximum absolute atomic E-state index is 5.31. The van der Waals surface area contributed by atoms with Gasteiger partial charge in [-0.2, -0.15) is 0 Å². The van der Waals surface area contributed by atoms with Gasteiger partial charge in [-0.15, -0.1) is 24.0 Å². The predicted octanol–water partition coefficient (Wildman–Crippen LogP) is 5.41. The van der Waals surface area contributed by atoms with Crippen molar-refractivity contribution < 1.29 is 0 Å². The topological polar surface area (TPSA) is 8.17 Å². The molecule has 1 fully saturated rings. The van der Waals surface area contributed by atoms with E-state index in [-0.39, 0.29) is 0 Å². The maximum atomic E-state index is 5.31. The molecule has 0 N–H and O–H groups in total. The first-order valence-corrected chi connectivity index (χ1v) is 9.82. The molecule has 1 saturated heterocycles. The van der Waals surface area contributed by atoms with Crippen LogP contribution in [0.2, 0.25) is 0 Å². The van der Waals surface area contributed by atoms with Crippen molar-refractivity contribution in [2.45, 2.75) is 5.03 Å². The van der Waals surface area contributed by atoms with Crippen LogP contribution in [0.3, 0.4) is 0 Å². The van der Waals surface area contributed by atoms with Gasteiger partial charge in [-0.3, -0.25) is 0 Å². The summed E-state index contributed by atoms with van der Waals surface area (Å²) in [6, 6.07) is 0. The first-order valence-electron chi connectivity index (χ1n) is 6.52. The number of allylic oxidation sites excluding steroid dienone is 6. The molecule has 2 nitrogen and oxygen atoms in total. The molecule has 0 aliphatic carbocycles. The van der Waals surface area contributed by atoms with Gasteiger partial charge in [0.1, 0.15) is 9.31 Å². The number of thiol groups is 1. The monoisotopic (exact) mass is 414 g/mol. The van der Waals surface area contributed by atoms with E-state index in [9.17, 15) is 0 Å². The van der Waals surface area contributed by atoms with Crippen molar-refractivity contribution in [2.75, 3.05) is 7.05 Å². The Morgan fingerprint density at radius 2 is 1.65 bits per heavy atom. The number of thiazole rings is 1. The van der Waals surface area contributed by atoms with Crippen molar-refractivity contribution in [1.82, 2.24) is 9.47 Å². The third-order valence-corrected chi connectivity index (χ3v) is 7.29. The zero-order valence-corrected chi connectivity index (χ0v) is 17.4. The van der Waals surface area contributed by atoms with Crippen molar-refractivity contribution in [3.63, 3.8) is 0 Å². The van der Waals surface area contributed by atoms with Crippen molar-refractivity contribution in [3.05, 3.63) is 50.2 Å². The molecule has 0 unspecified atom stereocenters. The van der Waals surface area contributed by atoms with Gasteiger partial charge in [0.25, 0.3) is 0 Å². The fourth-order valence-electron chi connectivity index (χ4n) is 1.61. The van der Waals surface area contributed by atoms with Crippen molar-refractivity contribution in [3.8, 4) is 0 Å². The molecule has 1 aliphatic heterocycles. The Balaban J connectivity index is 1.93. The Hall–Kier alpha value is -0.510. The number of nitrogens with zero attached hydrogens (tertiary/aromatic N) is 2. The summed E-state index contributed by atoms with van der Waals surface area (Å²) in [6.07, 6.45) is 13.8. The molecule has 0 spiro atoms. The van der Waals surface area contributed by atoms with Gasteiger partial charge in [0.05, 0.1) is 9.90 Å². The minimum atomic E-state index is 0.778. The number of hydrogen-bond donors (Lipinski definition) is 1. The van der Waals surface area contributed by atoms with E-state index < -0.39 is 0 Å². The van der Waals surface area contributed by atoms with E-state index in [4.69, 9.17) is 36.7 Å². The Morgan fingerprint density at radius 1 is 1.00 bits per heavy atom. The summed E-state index contributed by atoms with van der Waals surface area (Å²) in [5.74, 6) is 0. The van der Waals surface area contributed by atoms with Crippen LogP contribution in [0.15, 0.2) is 46.4 Å². The number of thiocarbonyl (C=S) groups is 2. The van der Waals surface area contributed by atoms with Gasteiger partial charge in [-0.1, -0.05) is 66.6 Å². The molecule has 1 aromatic heterocycles. The lowest BCUT2D eigenvalue weighted by Gasteiger charge is -2.06. The second kappa shape index (κ2) is 8.55. The summed E-state index contributed by atoms with van der Waals surface area (Å²) >= 11 is 23.2. The number of likely N-dealkylation sites (N-methyl/N-ethyl adjacent to an activating group) is 1. The van der Waals surface area contributed by atoms with E-state index in [0.717, 1.165) is 28.1 Å². The maximum Gasteiger partial charge on any atom is 0.162 e. The molecule has 0 saturated carbocycles. The predicted molar refractivity (Wildman–Crippen MR) is 117 cm³/mol. The van der Waals surface area contributed by atoms with E-state index in [1.807, 2.05) is 66.1 Å². The molecule has 0 atom stereocenters. The van der Waals surface area contributed by atoms with Crippen LogP contribution in [0.25, 0.3) is 6.08 Å². The molecule has 2 heterocycles. The molecule has 0 radical (unpaired) electrons. The van der Waals surface area contributed by atoms with Crippen molar-refractivity contribution in [1.29, 1.82) is 0 Å².